The monoisotopic (exact) mass is 299 g/mol. The van der Waals surface area contributed by atoms with Crippen LogP contribution >= 0.6 is 11.8 Å². The standard InChI is InChI=1S/C16H10FNO2S/c17-12-6-5-10(16(19)20)9-15(12)21-14-7-8-18-13-4-2-1-3-11(13)14/h1-9H,(H,19,20). The normalized spacial score (nSPS) is 10.7. The molecule has 0 aliphatic heterocycles. The zero-order valence-corrected chi connectivity index (χ0v) is 11.6. The van der Waals surface area contributed by atoms with E-state index in [1.54, 1.807) is 12.3 Å². The molecule has 0 unspecified atom stereocenters. The minimum Gasteiger partial charge on any atom is -0.478 e. The van der Waals surface area contributed by atoms with E-state index >= 15 is 0 Å². The summed E-state index contributed by atoms with van der Waals surface area (Å²) in [6.45, 7) is 0. The predicted molar refractivity (Wildman–Crippen MR) is 79.2 cm³/mol. The van der Waals surface area contributed by atoms with Gasteiger partial charge in [-0.2, -0.15) is 0 Å². The minimum atomic E-state index is -1.07. The number of aromatic carboxylic acids is 1. The Balaban J connectivity index is 2.06. The minimum absolute atomic E-state index is 0.0669. The molecule has 1 heterocycles. The maximum absolute atomic E-state index is 13.9. The van der Waals surface area contributed by atoms with Crippen molar-refractivity contribution in [2.45, 2.75) is 9.79 Å². The maximum Gasteiger partial charge on any atom is 0.335 e. The number of pyridine rings is 1. The van der Waals surface area contributed by atoms with Crippen LogP contribution in [0.2, 0.25) is 0 Å². The summed E-state index contributed by atoms with van der Waals surface area (Å²) in [6.07, 6.45) is 1.66. The Morgan fingerprint density at radius 1 is 1.10 bits per heavy atom. The van der Waals surface area contributed by atoms with Crippen LogP contribution in [-0.2, 0) is 0 Å². The summed E-state index contributed by atoms with van der Waals surface area (Å²) in [5.74, 6) is -1.51. The number of nitrogens with zero attached hydrogens (tertiary/aromatic N) is 1. The van der Waals surface area contributed by atoms with Gasteiger partial charge in [-0.05, 0) is 30.3 Å². The molecule has 1 N–H and O–H groups in total. The van der Waals surface area contributed by atoms with Crippen LogP contribution in [0.25, 0.3) is 10.9 Å². The van der Waals surface area contributed by atoms with Crippen LogP contribution in [0.1, 0.15) is 10.4 Å². The molecule has 0 saturated carbocycles. The molecule has 0 spiro atoms. The third kappa shape index (κ3) is 2.73. The molecule has 0 atom stereocenters. The van der Waals surface area contributed by atoms with Crippen LogP contribution in [0, 0.1) is 5.82 Å². The SMILES string of the molecule is O=C(O)c1ccc(F)c(Sc2ccnc3ccccc23)c1. The first-order chi connectivity index (χ1) is 10.1. The molecule has 1 aromatic heterocycles. The average Bonchev–Trinajstić information content (AvgIpc) is 2.49. The predicted octanol–water partition coefficient (Wildman–Crippen LogP) is 4.22. The number of rotatable bonds is 3. The van der Waals surface area contributed by atoms with E-state index in [9.17, 15) is 9.18 Å². The van der Waals surface area contributed by atoms with Crippen molar-refractivity contribution in [2.24, 2.45) is 0 Å². The molecule has 3 rings (SSSR count). The Labute approximate surface area is 124 Å². The van der Waals surface area contributed by atoms with Crippen molar-refractivity contribution < 1.29 is 14.3 Å². The van der Waals surface area contributed by atoms with Gasteiger partial charge in [-0.15, -0.1) is 0 Å². The van der Waals surface area contributed by atoms with Gasteiger partial charge in [0.25, 0.3) is 0 Å². The second-order valence-corrected chi connectivity index (χ2v) is 5.46. The van der Waals surface area contributed by atoms with Crippen LogP contribution in [0.5, 0.6) is 0 Å². The Bertz CT molecular complexity index is 830. The summed E-state index contributed by atoms with van der Waals surface area (Å²) in [5.41, 5.74) is 0.884. The fraction of sp³-hybridized carbons (Fsp3) is 0. The van der Waals surface area contributed by atoms with Gasteiger partial charge in [0.1, 0.15) is 5.82 Å². The first kappa shape index (κ1) is 13.6. The van der Waals surface area contributed by atoms with E-state index < -0.39 is 11.8 Å². The molecular formula is C16H10FNO2S. The molecule has 0 bridgehead atoms. The number of carboxylic acids is 1. The molecule has 0 amide bonds. The molecular weight excluding hydrogens is 289 g/mol. The number of halogens is 1. The number of carboxylic acid groups (broad SMARTS) is 1. The molecule has 0 saturated heterocycles. The van der Waals surface area contributed by atoms with Crippen molar-refractivity contribution in [3.05, 3.63) is 66.1 Å². The van der Waals surface area contributed by atoms with E-state index in [1.807, 2.05) is 24.3 Å². The Hall–Kier alpha value is -2.40. The Morgan fingerprint density at radius 3 is 2.71 bits per heavy atom. The number of fused-ring (bicyclic) bond motifs is 1. The number of aromatic nitrogens is 1. The molecule has 21 heavy (non-hydrogen) atoms. The van der Waals surface area contributed by atoms with Gasteiger partial charge < -0.3 is 5.11 Å². The van der Waals surface area contributed by atoms with E-state index in [0.717, 1.165) is 15.8 Å². The van der Waals surface area contributed by atoms with Gasteiger partial charge >= 0.3 is 5.97 Å². The molecule has 0 radical (unpaired) electrons. The van der Waals surface area contributed by atoms with E-state index in [-0.39, 0.29) is 10.5 Å². The fourth-order valence-corrected chi connectivity index (χ4v) is 2.99. The number of benzene rings is 2. The topological polar surface area (TPSA) is 50.2 Å². The molecule has 0 fully saturated rings. The Morgan fingerprint density at radius 2 is 1.90 bits per heavy atom. The van der Waals surface area contributed by atoms with Crippen molar-refractivity contribution in [1.29, 1.82) is 0 Å². The van der Waals surface area contributed by atoms with E-state index in [4.69, 9.17) is 5.11 Å². The van der Waals surface area contributed by atoms with Gasteiger partial charge in [-0.25, -0.2) is 9.18 Å². The molecule has 104 valence electrons. The van der Waals surface area contributed by atoms with Gasteiger partial charge in [-0.1, -0.05) is 30.0 Å². The lowest BCUT2D eigenvalue weighted by Crippen LogP contribution is -1.97. The largest absolute Gasteiger partial charge is 0.478 e. The molecule has 3 aromatic rings. The zero-order valence-electron chi connectivity index (χ0n) is 10.8. The van der Waals surface area contributed by atoms with Crippen LogP contribution in [0.15, 0.2) is 64.5 Å². The molecule has 2 aromatic carbocycles. The maximum atomic E-state index is 13.9. The van der Waals surface area contributed by atoms with Crippen LogP contribution in [0.3, 0.4) is 0 Å². The third-order valence-electron chi connectivity index (χ3n) is 3.01. The quantitative estimate of drug-likeness (QED) is 0.786. The van der Waals surface area contributed by atoms with Crippen LogP contribution in [-0.4, -0.2) is 16.1 Å². The lowest BCUT2D eigenvalue weighted by molar-refractivity contribution is 0.0696. The highest BCUT2D eigenvalue weighted by Crippen LogP contribution is 2.34. The number of carbonyl (C=O) groups is 1. The second kappa shape index (κ2) is 5.54. The van der Waals surface area contributed by atoms with Crippen molar-refractivity contribution >= 4 is 28.6 Å². The zero-order chi connectivity index (χ0) is 14.8. The van der Waals surface area contributed by atoms with Gasteiger partial charge in [0.15, 0.2) is 0 Å². The van der Waals surface area contributed by atoms with Crippen molar-refractivity contribution in [3.8, 4) is 0 Å². The number of para-hydroxylation sites is 1. The van der Waals surface area contributed by atoms with Gasteiger partial charge in [0, 0.05) is 21.4 Å². The van der Waals surface area contributed by atoms with E-state index in [0.29, 0.717) is 0 Å². The molecule has 0 aliphatic carbocycles. The van der Waals surface area contributed by atoms with E-state index in [2.05, 4.69) is 4.98 Å². The van der Waals surface area contributed by atoms with Crippen molar-refractivity contribution in [3.63, 3.8) is 0 Å². The van der Waals surface area contributed by atoms with Crippen molar-refractivity contribution in [1.82, 2.24) is 4.98 Å². The summed E-state index contributed by atoms with van der Waals surface area (Å²) in [6, 6.07) is 13.1. The van der Waals surface area contributed by atoms with Crippen LogP contribution < -0.4 is 0 Å². The first-order valence-corrected chi connectivity index (χ1v) is 7.01. The molecule has 0 aliphatic rings. The third-order valence-corrected chi connectivity index (χ3v) is 4.12. The van der Waals surface area contributed by atoms with Gasteiger partial charge in [-0.3, -0.25) is 4.98 Å². The van der Waals surface area contributed by atoms with Gasteiger partial charge in [0.05, 0.1) is 11.1 Å². The number of hydrogen-bond acceptors (Lipinski definition) is 3. The highest BCUT2D eigenvalue weighted by Gasteiger charge is 2.11. The van der Waals surface area contributed by atoms with E-state index in [1.165, 1.54) is 30.0 Å². The number of hydrogen-bond donors (Lipinski definition) is 1. The summed E-state index contributed by atoms with van der Waals surface area (Å²) in [4.78, 5) is 16.4. The molecule has 3 nitrogen and oxygen atoms in total. The summed E-state index contributed by atoms with van der Waals surface area (Å²) in [5, 5.41) is 9.90. The summed E-state index contributed by atoms with van der Waals surface area (Å²) >= 11 is 1.20. The fourth-order valence-electron chi connectivity index (χ4n) is 1.99. The Kier molecular flexibility index (Phi) is 3.58. The highest BCUT2D eigenvalue weighted by atomic mass is 32.2. The summed E-state index contributed by atoms with van der Waals surface area (Å²) < 4.78 is 13.9. The van der Waals surface area contributed by atoms with Gasteiger partial charge in [0.2, 0.25) is 0 Å². The highest BCUT2D eigenvalue weighted by molar-refractivity contribution is 7.99. The molecule has 5 heteroatoms. The summed E-state index contributed by atoms with van der Waals surface area (Å²) in [7, 11) is 0. The van der Waals surface area contributed by atoms with Crippen LogP contribution in [0.4, 0.5) is 4.39 Å². The lowest BCUT2D eigenvalue weighted by atomic mass is 10.2. The average molecular weight is 299 g/mol. The lowest BCUT2D eigenvalue weighted by Gasteiger charge is -2.07. The van der Waals surface area contributed by atoms with Crippen molar-refractivity contribution in [2.75, 3.05) is 0 Å². The first-order valence-electron chi connectivity index (χ1n) is 6.19. The smallest absolute Gasteiger partial charge is 0.335 e. The second-order valence-electron chi connectivity index (χ2n) is 4.38.